The van der Waals surface area contributed by atoms with Crippen molar-refractivity contribution >= 4 is 0 Å². The number of fused-ring (bicyclic) bond motifs is 2. The molecule has 8 nitrogen and oxygen atoms in total. The summed E-state index contributed by atoms with van der Waals surface area (Å²) in [4.78, 5) is 3.00. The van der Waals surface area contributed by atoms with Crippen molar-refractivity contribution in [3.05, 3.63) is 46.3 Å². The summed E-state index contributed by atoms with van der Waals surface area (Å²) in [6.45, 7) is 8.05. The van der Waals surface area contributed by atoms with Gasteiger partial charge in [0.15, 0.2) is 6.29 Å². The van der Waals surface area contributed by atoms with E-state index >= 15 is 0 Å². The molecule has 2 fully saturated rings. The maximum absolute atomic E-state index is 9.05. The zero-order chi connectivity index (χ0) is 21.3. The van der Waals surface area contributed by atoms with Crippen LogP contribution in [0.25, 0.3) is 10.4 Å². The normalized spacial score (nSPS) is 29.9. The van der Waals surface area contributed by atoms with E-state index in [1.54, 1.807) is 0 Å². The van der Waals surface area contributed by atoms with Crippen molar-refractivity contribution in [2.45, 2.75) is 82.8 Å². The van der Waals surface area contributed by atoms with Crippen LogP contribution in [0.2, 0.25) is 0 Å². The summed E-state index contributed by atoms with van der Waals surface area (Å²) in [5.41, 5.74) is 10.4. The Kier molecular flexibility index (Phi) is 8.93. The van der Waals surface area contributed by atoms with Crippen LogP contribution in [0.1, 0.15) is 39.2 Å². The molecule has 0 spiro atoms. The average molecular weight is 419 g/mol. The number of benzene rings is 1. The van der Waals surface area contributed by atoms with Gasteiger partial charge in [-0.3, -0.25) is 0 Å². The first-order chi connectivity index (χ1) is 14.6. The Balaban J connectivity index is 1.57. The van der Waals surface area contributed by atoms with Gasteiger partial charge in [-0.1, -0.05) is 48.8 Å². The fourth-order valence-electron chi connectivity index (χ4n) is 3.98. The Labute approximate surface area is 178 Å². The lowest BCUT2D eigenvalue weighted by molar-refractivity contribution is -0.215. The van der Waals surface area contributed by atoms with Crippen molar-refractivity contribution in [2.24, 2.45) is 5.11 Å². The summed E-state index contributed by atoms with van der Waals surface area (Å²) >= 11 is 0. The number of ether oxygens (including phenoxy) is 4. The number of azide groups is 1. The monoisotopic (exact) mass is 418 g/mol. The van der Waals surface area contributed by atoms with Crippen molar-refractivity contribution < 1.29 is 18.9 Å². The smallest absolute Gasteiger partial charge is 0.169 e. The molecule has 0 radical (unpaired) electrons. The standard InChI is InChI=1S/C22H34N4O4/c1-4-5-11-27-20-18-14-28-22(30-18)19(25-26-23)21(20)29-16(3)13-24-15(2)12-17-9-7-6-8-10-17/h6-10,15-16,18-22,24H,4-5,11-14H2,1-3H3/t15-,16-,18-,19-,20-,21-,22-/m1/s1. The Morgan fingerprint density at radius 2 is 2.07 bits per heavy atom. The van der Waals surface area contributed by atoms with Crippen LogP contribution in [0.15, 0.2) is 35.4 Å². The van der Waals surface area contributed by atoms with Gasteiger partial charge in [0.2, 0.25) is 0 Å². The third-order valence-electron chi connectivity index (χ3n) is 5.56. The molecule has 30 heavy (non-hydrogen) atoms. The number of hydrogen-bond acceptors (Lipinski definition) is 6. The zero-order valence-electron chi connectivity index (χ0n) is 18.1. The second kappa shape index (κ2) is 11.6. The topological polar surface area (TPSA) is 97.7 Å². The molecular weight excluding hydrogens is 384 g/mol. The van der Waals surface area contributed by atoms with Crippen molar-refractivity contribution in [3.63, 3.8) is 0 Å². The fraction of sp³-hybridized carbons (Fsp3) is 0.727. The summed E-state index contributed by atoms with van der Waals surface area (Å²) in [7, 11) is 0. The Hall–Kier alpha value is -1.67. The number of unbranched alkanes of at least 4 members (excludes halogenated alkanes) is 1. The molecule has 8 heteroatoms. The van der Waals surface area contributed by atoms with Gasteiger partial charge in [0.1, 0.15) is 24.4 Å². The minimum absolute atomic E-state index is 0.0839. The summed E-state index contributed by atoms with van der Waals surface area (Å²) in [6, 6.07) is 10.2. The van der Waals surface area contributed by atoms with Gasteiger partial charge in [-0.2, -0.15) is 0 Å². The average Bonchev–Trinajstić information content (AvgIpc) is 3.18. The minimum Gasteiger partial charge on any atom is -0.373 e. The van der Waals surface area contributed by atoms with E-state index in [2.05, 4.69) is 53.5 Å². The predicted octanol–water partition coefficient (Wildman–Crippen LogP) is 3.60. The SMILES string of the molecule is CCCCO[C@H]1[C@H](O[C@H](C)CN[C@H](C)Cc2ccccc2)[C@@H](N=[N+]=[N-])[C@@H]2OC[C@H]1O2. The first kappa shape index (κ1) is 23.0. The predicted molar refractivity (Wildman–Crippen MR) is 114 cm³/mol. The van der Waals surface area contributed by atoms with E-state index in [1.807, 2.05) is 13.0 Å². The lowest BCUT2D eigenvalue weighted by atomic mass is 9.98. The molecule has 2 bridgehead atoms. The van der Waals surface area contributed by atoms with Crippen molar-refractivity contribution in [1.82, 2.24) is 5.32 Å². The quantitative estimate of drug-likeness (QED) is 0.242. The molecule has 3 rings (SSSR count). The van der Waals surface area contributed by atoms with Crippen LogP contribution in [0.5, 0.6) is 0 Å². The van der Waals surface area contributed by atoms with E-state index in [4.69, 9.17) is 24.5 Å². The fourth-order valence-corrected chi connectivity index (χ4v) is 3.98. The highest BCUT2D eigenvalue weighted by atomic mass is 16.7. The third-order valence-corrected chi connectivity index (χ3v) is 5.56. The summed E-state index contributed by atoms with van der Waals surface area (Å²) in [5, 5.41) is 7.47. The van der Waals surface area contributed by atoms with Crippen LogP contribution in [0.3, 0.4) is 0 Å². The largest absolute Gasteiger partial charge is 0.373 e. The molecule has 166 valence electrons. The van der Waals surface area contributed by atoms with Crippen LogP contribution < -0.4 is 5.32 Å². The molecule has 0 amide bonds. The highest BCUT2D eigenvalue weighted by Gasteiger charge is 2.52. The Morgan fingerprint density at radius 3 is 2.80 bits per heavy atom. The van der Waals surface area contributed by atoms with Gasteiger partial charge in [-0.05, 0) is 37.8 Å². The lowest BCUT2D eigenvalue weighted by Crippen LogP contribution is -2.56. The van der Waals surface area contributed by atoms with Gasteiger partial charge < -0.3 is 24.3 Å². The van der Waals surface area contributed by atoms with Crippen molar-refractivity contribution in [2.75, 3.05) is 19.8 Å². The highest BCUT2D eigenvalue weighted by Crippen LogP contribution is 2.34. The molecule has 2 heterocycles. The molecule has 1 aromatic carbocycles. The van der Waals surface area contributed by atoms with Crippen LogP contribution >= 0.6 is 0 Å². The number of nitrogens with zero attached hydrogens (tertiary/aromatic N) is 3. The van der Waals surface area contributed by atoms with E-state index in [9.17, 15) is 0 Å². The molecule has 0 saturated carbocycles. The molecule has 0 aliphatic carbocycles. The minimum atomic E-state index is -0.570. The third kappa shape index (κ3) is 6.17. The van der Waals surface area contributed by atoms with Crippen LogP contribution in [0.4, 0.5) is 0 Å². The van der Waals surface area contributed by atoms with Gasteiger partial charge in [0, 0.05) is 24.1 Å². The molecule has 1 aromatic rings. The van der Waals surface area contributed by atoms with Crippen LogP contribution in [-0.4, -0.2) is 62.5 Å². The molecule has 2 aliphatic heterocycles. The van der Waals surface area contributed by atoms with Crippen LogP contribution in [0, 0.1) is 0 Å². The number of hydrogen-bond donors (Lipinski definition) is 1. The van der Waals surface area contributed by atoms with E-state index < -0.39 is 18.4 Å². The molecular formula is C22H34N4O4. The van der Waals surface area contributed by atoms with E-state index in [1.165, 1.54) is 5.56 Å². The van der Waals surface area contributed by atoms with Crippen LogP contribution in [-0.2, 0) is 25.4 Å². The van der Waals surface area contributed by atoms with Gasteiger partial charge in [-0.25, -0.2) is 0 Å². The molecule has 1 N–H and O–H groups in total. The van der Waals surface area contributed by atoms with E-state index in [0.29, 0.717) is 25.8 Å². The first-order valence-electron chi connectivity index (χ1n) is 11.0. The van der Waals surface area contributed by atoms with E-state index in [0.717, 1.165) is 19.3 Å². The van der Waals surface area contributed by atoms with Gasteiger partial charge in [0.25, 0.3) is 0 Å². The first-order valence-corrected chi connectivity index (χ1v) is 11.0. The summed E-state index contributed by atoms with van der Waals surface area (Å²) < 4.78 is 24.1. The Morgan fingerprint density at radius 1 is 1.27 bits per heavy atom. The maximum atomic E-state index is 9.05. The highest BCUT2D eigenvalue weighted by molar-refractivity contribution is 5.15. The molecule has 0 unspecified atom stereocenters. The Bertz CT molecular complexity index is 685. The zero-order valence-corrected chi connectivity index (χ0v) is 18.1. The second-order valence-corrected chi connectivity index (χ2v) is 8.17. The number of rotatable bonds is 12. The molecule has 0 aromatic heterocycles. The van der Waals surface area contributed by atoms with Gasteiger partial charge >= 0.3 is 0 Å². The second-order valence-electron chi connectivity index (χ2n) is 8.17. The summed E-state index contributed by atoms with van der Waals surface area (Å²) in [6.07, 6.45) is 1.40. The lowest BCUT2D eigenvalue weighted by Gasteiger charge is -2.40. The van der Waals surface area contributed by atoms with E-state index in [-0.39, 0.29) is 18.3 Å². The van der Waals surface area contributed by atoms with Crippen molar-refractivity contribution in [1.29, 1.82) is 0 Å². The maximum Gasteiger partial charge on any atom is 0.169 e. The number of nitrogens with one attached hydrogen (secondary N) is 1. The van der Waals surface area contributed by atoms with Gasteiger partial charge in [-0.15, -0.1) is 0 Å². The van der Waals surface area contributed by atoms with Crippen molar-refractivity contribution in [3.8, 4) is 0 Å². The molecule has 7 atom stereocenters. The summed E-state index contributed by atoms with van der Waals surface area (Å²) in [5.74, 6) is 0. The molecule has 2 aliphatic rings. The molecule has 2 saturated heterocycles. The van der Waals surface area contributed by atoms with Gasteiger partial charge in [0.05, 0.1) is 12.7 Å².